The van der Waals surface area contributed by atoms with E-state index in [4.69, 9.17) is 0 Å². The highest BCUT2D eigenvalue weighted by Crippen LogP contribution is 2.28. The Morgan fingerprint density at radius 1 is 1.17 bits per heavy atom. The monoisotopic (exact) mass is 347 g/mol. The van der Waals surface area contributed by atoms with Crippen molar-refractivity contribution in [2.75, 3.05) is 16.9 Å². The number of nitrogens with zero attached hydrogens (tertiary/aromatic N) is 1. The lowest BCUT2D eigenvalue weighted by atomic mass is 10.0. The van der Waals surface area contributed by atoms with Crippen LogP contribution in [0.3, 0.4) is 0 Å². The third-order valence-electron chi connectivity index (χ3n) is 3.89. The third-order valence-corrected chi connectivity index (χ3v) is 5.69. The predicted molar refractivity (Wildman–Crippen MR) is 98.9 cm³/mol. The zero-order chi connectivity index (χ0) is 16.1. The second-order valence-corrected chi connectivity index (χ2v) is 7.58. The number of fused-ring (bicyclic) bond motifs is 1. The molecule has 0 unspecified atom stereocenters. The van der Waals surface area contributed by atoms with E-state index in [0.717, 1.165) is 23.4 Å². The van der Waals surface area contributed by atoms with Gasteiger partial charge in [0.15, 0.2) is 5.13 Å². The number of aryl methyl sites for hydroxylation is 2. The number of rotatable bonds is 3. The van der Waals surface area contributed by atoms with E-state index in [0.29, 0.717) is 5.13 Å². The number of aromatic nitrogens is 1. The van der Waals surface area contributed by atoms with Crippen molar-refractivity contribution in [3.63, 3.8) is 0 Å². The van der Waals surface area contributed by atoms with Gasteiger partial charge in [0.2, 0.25) is 0 Å². The molecule has 1 aliphatic carbocycles. The number of nitrogens with one attached hydrogen (secondary N) is 2. The minimum Gasteiger partial charge on any atom is -0.308 e. The maximum absolute atomic E-state index is 12.2. The Hall–Kier alpha value is -1.53. The van der Waals surface area contributed by atoms with Crippen molar-refractivity contribution in [1.82, 2.24) is 4.98 Å². The SMILES string of the molecule is CSc1cccc(NC(=O)Nc2nc3c(s2)CCCCCC3)c1. The summed E-state index contributed by atoms with van der Waals surface area (Å²) in [5.74, 6) is 0. The standard InChI is InChI=1S/C17H21N3OS2/c1-22-13-8-6-7-12(11-13)18-16(21)20-17-19-14-9-4-2-3-5-10-15(14)23-17/h6-8,11H,2-5,9-10H2,1H3,(H2,18,19,20,21). The van der Waals surface area contributed by atoms with E-state index in [1.807, 2.05) is 30.5 Å². The zero-order valence-corrected chi connectivity index (χ0v) is 14.9. The Balaban J connectivity index is 1.64. The first-order chi connectivity index (χ1) is 11.2. The average Bonchev–Trinajstić information content (AvgIpc) is 2.88. The van der Waals surface area contributed by atoms with E-state index in [2.05, 4.69) is 15.6 Å². The van der Waals surface area contributed by atoms with Gasteiger partial charge in [-0.05, 0) is 50.1 Å². The molecule has 1 aromatic heterocycles. The van der Waals surface area contributed by atoms with Crippen LogP contribution in [0.25, 0.3) is 0 Å². The van der Waals surface area contributed by atoms with Crippen LogP contribution >= 0.6 is 23.1 Å². The number of thiazole rings is 1. The predicted octanol–water partition coefficient (Wildman–Crippen LogP) is 5.17. The van der Waals surface area contributed by atoms with E-state index in [1.165, 1.54) is 36.3 Å². The van der Waals surface area contributed by atoms with Gasteiger partial charge in [0.1, 0.15) is 0 Å². The fraction of sp³-hybridized carbons (Fsp3) is 0.412. The molecule has 23 heavy (non-hydrogen) atoms. The molecule has 0 bridgehead atoms. The molecular formula is C17H21N3OS2. The van der Waals surface area contributed by atoms with Crippen LogP contribution in [0, 0.1) is 0 Å². The van der Waals surface area contributed by atoms with Crippen LogP contribution in [0.1, 0.15) is 36.3 Å². The van der Waals surface area contributed by atoms with Gasteiger partial charge in [-0.3, -0.25) is 5.32 Å². The molecule has 3 rings (SSSR count). The number of amides is 2. The molecule has 1 aromatic carbocycles. The van der Waals surface area contributed by atoms with Crippen molar-refractivity contribution < 1.29 is 4.79 Å². The molecule has 1 aliphatic rings. The molecule has 6 heteroatoms. The van der Waals surface area contributed by atoms with E-state index in [9.17, 15) is 4.79 Å². The number of carbonyl (C=O) groups excluding carboxylic acids is 1. The first kappa shape index (κ1) is 16.3. The summed E-state index contributed by atoms with van der Waals surface area (Å²) in [4.78, 5) is 19.2. The van der Waals surface area contributed by atoms with E-state index >= 15 is 0 Å². The van der Waals surface area contributed by atoms with Crippen LogP contribution in [0.4, 0.5) is 15.6 Å². The highest BCUT2D eigenvalue weighted by molar-refractivity contribution is 7.98. The molecule has 4 nitrogen and oxygen atoms in total. The number of benzene rings is 1. The van der Waals surface area contributed by atoms with Crippen LogP contribution in [-0.2, 0) is 12.8 Å². The normalized spacial score (nSPS) is 14.5. The number of anilines is 2. The molecule has 2 amide bonds. The molecule has 1 heterocycles. The molecule has 122 valence electrons. The summed E-state index contributed by atoms with van der Waals surface area (Å²) in [6.07, 6.45) is 9.14. The Kier molecular flexibility index (Phi) is 5.56. The number of carbonyl (C=O) groups is 1. The first-order valence-electron chi connectivity index (χ1n) is 7.95. The summed E-state index contributed by atoms with van der Waals surface area (Å²) < 4.78 is 0. The van der Waals surface area contributed by atoms with Gasteiger partial charge in [-0.25, -0.2) is 9.78 Å². The molecular weight excluding hydrogens is 326 g/mol. The van der Waals surface area contributed by atoms with Crippen molar-refractivity contribution in [3.8, 4) is 0 Å². The number of hydrogen-bond donors (Lipinski definition) is 2. The van der Waals surface area contributed by atoms with Gasteiger partial charge in [-0.1, -0.05) is 18.9 Å². The second-order valence-electron chi connectivity index (χ2n) is 5.61. The van der Waals surface area contributed by atoms with E-state index < -0.39 is 0 Å². The summed E-state index contributed by atoms with van der Waals surface area (Å²) in [5.41, 5.74) is 1.97. The van der Waals surface area contributed by atoms with Gasteiger partial charge in [-0.15, -0.1) is 23.1 Å². The topological polar surface area (TPSA) is 54.0 Å². The highest BCUT2D eigenvalue weighted by atomic mass is 32.2. The molecule has 2 aromatic rings. The average molecular weight is 348 g/mol. The van der Waals surface area contributed by atoms with Gasteiger partial charge < -0.3 is 5.32 Å². The lowest BCUT2D eigenvalue weighted by Crippen LogP contribution is -2.19. The van der Waals surface area contributed by atoms with Gasteiger partial charge in [0.05, 0.1) is 5.69 Å². The van der Waals surface area contributed by atoms with E-state index in [1.54, 1.807) is 23.1 Å². The molecule has 0 aliphatic heterocycles. The largest absolute Gasteiger partial charge is 0.325 e. The smallest absolute Gasteiger partial charge is 0.308 e. The minimum atomic E-state index is -0.232. The summed E-state index contributed by atoms with van der Waals surface area (Å²) in [5, 5.41) is 6.45. The minimum absolute atomic E-state index is 0.232. The first-order valence-corrected chi connectivity index (χ1v) is 9.99. The lowest BCUT2D eigenvalue weighted by Gasteiger charge is -2.06. The molecule has 2 N–H and O–H groups in total. The van der Waals surface area contributed by atoms with Crippen LogP contribution in [0.5, 0.6) is 0 Å². The van der Waals surface area contributed by atoms with Crippen LogP contribution in [0.2, 0.25) is 0 Å². The Labute approximate surface area is 145 Å². The molecule has 0 radical (unpaired) electrons. The quantitative estimate of drug-likeness (QED) is 0.753. The van der Waals surface area contributed by atoms with Gasteiger partial charge in [0, 0.05) is 15.5 Å². The van der Waals surface area contributed by atoms with Crippen molar-refractivity contribution in [2.24, 2.45) is 0 Å². The molecule has 0 fully saturated rings. The van der Waals surface area contributed by atoms with Gasteiger partial charge in [-0.2, -0.15) is 0 Å². The van der Waals surface area contributed by atoms with Gasteiger partial charge in [0.25, 0.3) is 0 Å². The molecule has 0 atom stereocenters. The van der Waals surface area contributed by atoms with Crippen molar-refractivity contribution in [3.05, 3.63) is 34.8 Å². The van der Waals surface area contributed by atoms with Crippen LogP contribution in [0.15, 0.2) is 29.2 Å². The van der Waals surface area contributed by atoms with Crippen molar-refractivity contribution >= 4 is 39.9 Å². The maximum atomic E-state index is 12.2. The summed E-state index contributed by atoms with van der Waals surface area (Å²) in [6.45, 7) is 0. The zero-order valence-electron chi connectivity index (χ0n) is 13.2. The summed E-state index contributed by atoms with van der Waals surface area (Å²) in [6, 6.07) is 7.59. The van der Waals surface area contributed by atoms with Gasteiger partial charge >= 0.3 is 6.03 Å². The van der Waals surface area contributed by atoms with E-state index in [-0.39, 0.29) is 6.03 Å². The highest BCUT2D eigenvalue weighted by Gasteiger charge is 2.14. The molecule has 0 saturated carbocycles. The molecule has 0 saturated heterocycles. The second kappa shape index (κ2) is 7.84. The van der Waals surface area contributed by atoms with Crippen LogP contribution in [-0.4, -0.2) is 17.3 Å². The number of urea groups is 1. The maximum Gasteiger partial charge on any atom is 0.325 e. The van der Waals surface area contributed by atoms with Crippen LogP contribution < -0.4 is 10.6 Å². The van der Waals surface area contributed by atoms with Crippen molar-refractivity contribution in [1.29, 1.82) is 0 Å². The number of thioether (sulfide) groups is 1. The summed E-state index contributed by atoms with van der Waals surface area (Å²) >= 11 is 3.27. The Morgan fingerprint density at radius 2 is 2.00 bits per heavy atom. The Morgan fingerprint density at radius 3 is 2.83 bits per heavy atom. The Bertz CT molecular complexity index is 659. The summed E-state index contributed by atoms with van der Waals surface area (Å²) in [7, 11) is 0. The molecule has 0 spiro atoms. The fourth-order valence-electron chi connectivity index (χ4n) is 2.72. The lowest BCUT2D eigenvalue weighted by molar-refractivity contribution is 0.262. The fourth-order valence-corrected chi connectivity index (χ4v) is 4.22. The number of hydrogen-bond acceptors (Lipinski definition) is 4. The van der Waals surface area contributed by atoms with Crippen molar-refractivity contribution in [2.45, 2.75) is 43.4 Å². The third kappa shape index (κ3) is 4.48.